The molecule has 0 aliphatic carbocycles. The number of carbonyl (C=O) groups excluding carboxylic acids is 1. The van der Waals surface area contributed by atoms with Crippen LogP contribution in [0.3, 0.4) is 0 Å². The van der Waals surface area contributed by atoms with Crippen molar-refractivity contribution >= 4 is 22.8 Å². The van der Waals surface area contributed by atoms with Crippen molar-refractivity contribution in [3.05, 3.63) is 23.6 Å². The molecule has 1 aromatic carbocycles. The number of nitrogens with two attached hydrogens (primary N) is 1. The molecule has 8 nitrogen and oxygen atoms in total. The number of phenols is 2. The second-order valence-electron chi connectivity index (χ2n) is 5.09. The fourth-order valence-corrected chi connectivity index (χ4v) is 2.18. The summed E-state index contributed by atoms with van der Waals surface area (Å²) in [7, 11) is 1.69. The number of fused-ring (bicyclic) bond motifs is 1. The van der Waals surface area contributed by atoms with E-state index in [9.17, 15) is 19.4 Å². The minimum Gasteiger partial charge on any atom is -0.504 e. The summed E-state index contributed by atoms with van der Waals surface area (Å²) in [5.74, 6) is -1.94. The molecule has 1 aromatic heterocycles. The van der Waals surface area contributed by atoms with E-state index in [2.05, 4.69) is 10.3 Å². The van der Waals surface area contributed by atoms with E-state index >= 15 is 0 Å². The number of likely N-dealkylation sites (N-methyl/N-ethyl adjacent to an activating group) is 1. The molecular weight excluding hydrogens is 305 g/mol. The lowest BCUT2D eigenvalue weighted by Crippen LogP contribution is -2.25. The average molecular weight is 323 g/mol. The number of aromatic hydroxyl groups is 2. The van der Waals surface area contributed by atoms with E-state index in [4.69, 9.17) is 11.1 Å². The zero-order valence-electron chi connectivity index (χ0n) is 12.5. The maximum absolute atomic E-state index is 13.4. The number of nitrogens with zero attached hydrogens (tertiary/aromatic N) is 1. The molecule has 0 unspecified atom stereocenters. The Morgan fingerprint density at radius 1 is 1.48 bits per heavy atom. The van der Waals surface area contributed by atoms with Crippen molar-refractivity contribution in [1.82, 2.24) is 15.2 Å². The average Bonchev–Trinajstić information content (AvgIpc) is 3.01. The molecule has 0 bridgehead atoms. The van der Waals surface area contributed by atoms with Crippen LogP contribution in [0.5, 0.6) is 11.5 Å². The lowest BCUT2D eigenvalue weighted by Gasteiger charge is -2.03. The van der Waals surface area contributed by atoms with E-state index in [0.29, 0.717) is 24.9 Å². The van der Waals surface area contributed by atoms with Crippen LogP contribution < -0.4 is 11.1 Å². The summed E-state index contributed by atoms with van der Waals surface area (Å²) in [5, 5.41) is 28.3. The van der Waals surface area contributed by atoms with Crippen LogP contribution >= 0.6 is 0 Å². The minimum atomic E-state index is -0.840. The maximum atomic E-state index is 13.4. The monoisotopic (exact) mass is 323 g/mol. The number of amides is 1. The molecular formula is C14H18FN5O3. The van der Waals surface area contributed by atoms with E-state index in [1.165, 1.54) is 6.07 Å². The Morgan fingerprint density at radius 3 is 2.65 bits per heavy atom. The predicted molar refractivity (Wildman–Crippen MR) is 82.8 cm³/mol. The highest BCUT2D eigenvalue weighted by molar-refractivity contribution is 6.02. The van der Waals surface area contributed by atoms with Crippen molar-refractivity contribution < 1.29 is 19.4 Å². The first-order valence-electron chi connectivity index (χ1n) is 6.85. The molecule has 23 heavy (non-hydrogen) atoms. The number of hydrogen-bond acceptors (Lipinski definition) is 5. The lowest BCUT2D eigenvalue weighted by atomic mass is 10.1. The molecule has 124 valence electrons. The first-order valence-corrected chi connectivity index (χ1v) is 6.85. The Balaban J connectivity index is 0.000000203. The smallest absolute Gasteiger partial charge is 0.246 e. The summed E-state index contributed by atoms with van der Waals surface area (Å²) in [5.41, 5.74) is 6.41. The van der Waals surface area contributed by atoms with Crippen LogP contribution in [0.4, 0.5) is 4.39 Å². The molecule has 0 saturated carbocycles. The molecule has 0 radical (unpaired) electrons. The van der Waals surface area contributed by atoms with Crippen molar-refractivity contribution in [2.24, 2.45) is 5.73 Å². The maximum Gasteiger partial charge on any atom is 0.246 e. The van der Waals surface area contributed by atoms with Gasteiger partial charge in [-0.1, -0.05) is 0 Å². The summed E-state index contributed by atoms with van der Waals surface area (Å²) in [6.45, 7) is 0.759. The van der Waals surface area contributed by atoms with E-state index in [0.717, 1.165) is 5.56 Å². The Labute approximate surface area is 131 Å². The van der Waals surface area contributed by atoms with Gasteiger partial charge in [-0.15, -0.1) is 0 Å². The predicted octanol–water partition coefficient (Wildman–Crippen LogP) is 0.202. The highest BCUT2D eigenvalue weighted by atomic mass is 19.1. The van der Waals surface area contributed by atoms with Gasteiger partial charge in [-0.25, -0.2) is 4.39 Å². The van der Waals surface area contributed by atoms with Gasteiger partial charge in [0.25, 0.3) is 0 Å². The third-order valence-electron chi connectivity index (χ3n) is 3.39. The van der Waals surface area contributed by atoms with Gasteiger partial charge in [0.2, 0.25) is 5.91 Å². The molecule has 7 N–H and O–H groups in total. The van der Waals surface area contributed by atoms with Crippen molar-refractivity contribution in [1.29, 1.82) is 5.41 Å². The molecule has 3 rings (SSSR count). The summed E-state index contributed by atoms with van der Waals surface area (Å²) < 4.78 is 13.4. The first-order chi connectivity index (χ1) is 10.8. The van der Waals surface area contributed by atoms with Crippen molar-refractivity contribution in [2.75, 3.05) is 20.1 Å². The summed E-state index contributed by atoms with van der Waals surface area (Å²) >= 11 is 0. The third-order valence-corrected chi connectivity index (χ3v) is 3.39. The lowest BCUT2D eigenvalue weighted by molar-refractivity contribution is -0.118. The van der Waals surface area contributed by atoms with Crippen LogP contribution in [-0.2, 0) is 11.2 Å². The van der Waals surface area contributed by atoms with Crippen molar-refractivity contribution in [3.63, 3.8) is 0 Å². The van der Waals surface area contributed by atoms with Gasteiger partial charge < -0.3 is 25.8 Å². The fraction of sp³-hybridized carbons (Fsp3) is 0.286. The number of aromatic amines is 1. The standard InChI is InChI=1S/C10H11FN2O2.C4H7N3O/c11-8-9-6(3-7(14)10(8)15)5(1-2-12)4-13-9;1-7-2-3(8)6-4(7)5/h3-4,13-15H,1-2,12H2;2H2,1H3,(H2,5,6,8). The Hall–Kier alpha value is -2.81. The van der Waals surface area contributed by atoms with Gasteiger partial charge in [-0.3, -0.25) is 15.5 Å². The largest absolute Gasteiger partial charge is 0.504 e. The van der Waals surface area contributed by atoms with Crippen LogP contribution in [-0.4, -0.2) is 52.1 Å². The van der Waals surface area contributed by atoms with Crippen LogP contribution in [0.1, 0.15) is 5.56 Å². The summed E-state index contributed by atoms with van der Waals surface area (Å²) in [6, 6.07) is 1.33. The highest BCUT2D eigenvalue weighted by Gasteiger charge is 2.18. The minimum absolute atomic E-state index is 0.0995. The van der Waals surface area contributed by atoms with Gasteiger partial charge in [0.05, 0.1) is 12.1 Å². The number of halogens is 1. The van der Waals surface area contributed by atoms with Crippen LogP contribution in [0, 0.1) is 11.2 Å². The Kier molecular flexibility index (Phi) is 4.70. The first kappa shape index (κ1) is 16.6. The topological polar surface area (TPSA) is 138 Å². The number of hydrogen-bond donors (Lipinski definition) is 6. The Morgan fingerprint density at radius 2 is 2.17 bits per heavy atom. The van der Waals surface area contributed by atoms with Crippen LogP contribution in [0.2, 0.25) is 0 Å². The second kappa shape index (κ2) is 6.53. The number of aromatic nitrogens is 1. The molecule has 0 atom stereocenters. The molecule has 1 saturated heterocycles. The van der Waals surface area contributed by atoms with Crippen molar-refractivity contribution in [3.8, 4) is 11.5 Å². The van der Waals surface area contributed by atoms with Gasteiger partial charge in [-0.2, -0.15) is 0 Å². The van der Waals surface area contributed by atoms with Gasteiger partial charge in [0.1, 0.15) is 0 Å². The molecule has 9 heteroatoms. The molecule has 1 aliphatic rings. The zero-order valence-corrected chi connectivity index (χ0v) is 12.5. The number of H-pyrrole nitrogens is 1. The van der Waals surface area contributed by atoms with E-state index < -0.39 is 17.3 Å². The number of benzene rings is 1. The SMILES string of the molecule is CN1CC(=O)NC1=N.NCCc1c[nH]c2c(F)c(O)c(O)cc12. The normalized spacial score (nSPS) is 14.0. The Bertz CT molecular complexity index is 758. The summed E-state index contributed by atoms with van der Waals surface area (Å²) in [6.07, 6.45) is 2.21. The van der Waals surface area contributed by atoms with Gasteiger partial charge >= 0.3 is 0 Å². The number of phenolic OH excluding ortho intramolecular Hbond substituents is 2. The molecule has 1 aliphatic heterocycles. The highest BCUT2D eigenvalue weighted by Crippen LogP contribution is 2.35. The molecule has 2 aromatic rings. The fourth-order valence-electron chi connectivity index (χ4n) is 2.18. The molecule has 1 fully saturated rings. The molecule has 1 amide bonds. The number of nitrogens with one attached hydrogen (secondary N) is 3. The van der Waals surface area contributed by atoms with Gasteiger partial charge in [-0.05, 0) is 24.6 Å². The van der Waals surface area contributed by atoms with Gasteiger partial charge in [0, 0.05) is 18.6 Å². The number of rotatable bonds is 2. The zero-order chi connectivity index (χ0) is 17.1. The van der Waals surface area contributed by atoms with E-state index in [1.54, 1.807) is 18.1 Å². The third kappa shape index (κ3) is 3.34. The quantitative estimate of drug-likeness (QED) is 0.438. The van der Waals surface area contributed by atoms with Crippen LogP contribution in [0.25, 0.3) is 10.9 Å². The molecule has 0 spiro atoms. The number of guanidine groups is 1. The number of carbonyl (C=O) groups is 1. The summed E-state index contributed by atoms with van der Waals surface area (Å²) in [4.78, 5) is 14.6. The van der Waals surface area contributed by atoms with E-state index in [1.807, 2.05) is 0 Å². The molecule has 2 heterocycles. The van der Waals surface area contributed by atoms with Crippen LogP contribution in [0.15, 0.2) is 12.3 Å². The second-order valence-corrected chi connectivity index (χ2v) is 5.09. The van der Waals surface area contributed by atoms with Gasteiger partial charge in [0.15, 0.2) is 23.3 Å². The van der Waals surface area contributed by atoms with E-state index in [-0.39, 0.29) is 17.4 Å². The van der Waals surface area contributed by atoms with Crippen molar-refractivity contribution in [2.45, 2.75) is 6.42 Å².